The van der Waals surface area contributed by atoms with Crippen LogP contribution in [0.2, 0.25) is 0 Å². The van der Waals surface area contributed by atoms with Crippen LogP contribution in [0.25, 0.3) is 0 Å². The van der Waals surface area contributed by atoms with E-state index in [2.05, 4.69) is 20.2 Å². The summed E-state index contributed by atoms with van der Waals surface area (Å²) in [6, 6.07) is 6.08. The van der Waals surface area contributed by atoms with Crippen molar-refractivity contribution in [2.75, 3.05) is 30.4 Å². The van der Waals surface area contributed by atoms with Gasteiger partial charge < -0.3 is 19.7 Å². The van der Waals surface area contributed by atoms with Crippen molar-refractivity contribution in [1.29, 1.82) is 0 Å². The third-order valence-electron chi connectivity index (χ3n) is 5.27. The van der Waals surface area contributed by atoms with Crippen molar-refractivity contribution in [3.05, 3.63) is 62.7 Å². The molecule has 3 aromatic rings. The fraction of sp³-hybridized carbons (Fsp3) is 0.318. The van der Waals surface area contributed by atoms with Crippen molar-refractivity contribution in [1.82, 2.24) is 9.97 Å². The zero-order valence-electron chi connectivity index (χ0n) is 18.0. The first kappa shape index (κ1) is 22.5. The number of nitro benzene ring substituents is 1. The van der Waals surface area contributed by atoms with Gasteiger partial charge in [0.05, 0.1) is 41.2 Å². The molecule has 1 aliphatic heterocycles. The minimum Gasteiger partial charge on any atom is -0.493 e. The molecule has 0 spiro atoms. The van der Waals surface area contributed by atoms with Crippen LogP contribution >= 0.6 is 11.3 Å². The molecule has 10 nitrogen and oxygen atoms in total. The molecule has 0 bridgehead atoms. The number of benzene rings is 1. The Bertz CT molecular complexity index is 1110. The van der Waals surface area contributed by atoms with Gasteiger partial charge in [-0.05, 0) is 31.4 Å². The molecule has 172 valence electrons. The lowest BCUT2D eigenvalue weighted by Gasteiger charge is -2.27. The van der Waals surface area contributed by atoms with Gasteiger partial charge in [0, 0.05) is 24.5 Å². The molecule has 1 N–H and O–H groups in total. The van der Waals surface area contributed by atoms with Crippen molar-refractivity contribution >= 4 is 34.4 Å². The normalized spacial score (nSPS) is 13.4. The van der Waals surface area contributed by atoms with Crippen LogP contribution in [-0.4, -0.2) is 41.0 Å². The highest BCUT2D eigenvalue weighted by atomic mass is 32.1. The number of methoxy groups -OCH3 is 1. The van der Waals surface area contributed by atoms with Crippen LogP contribution < -0.4 is 19.7 Å². The summed E-state index contributed by atoms with van der Waals surface area (Å²) in [6.45, 7) is 2.04. The highest BCUT2D eigenvalue weighted by molar-refractivity contribution is 7.07. The van der Waals surface area contributed by atoms with Crippen LogP contribution in [0.3, 0.4) is 0 Å². The van der Waals surface area contributed by atoms with Gasteiger partial charge in [0.25, 0.3) is 11.6 Å². The Morgan fingerprint density at radius 2 is 2.03 bits per heavy atom. The lowest BCUT2D eigenvalue weighted by Crippen LogP contribution is -2.30. The van der Waals surface area contributed by atoms with Gasteiger partial charge in [0.2, 0.25) is 0 Å². The van der Waals surface area contributed by atoms with Gasteiger partial charge in [0.15, 0.2) is 11.5 Å². The average Bonchev–Trinajstić information content (AvgIpc) is 3.37. The number of nitro groups is 1. The van der Waals surface area contributed by atoms with Crippen LogP contribution in [0.4, 0.5) is 17.2 Å². The first-order chi connectivity index (χ1) is 16.0. The van der Waals surface area contributed by atoms with E-state index < -0.39 is 10.8 Å². The Hall–Kier alpha value is -3.73. The second kappa shape index (κ2) is 10.3. The number of anilines is 2. The summed E-state index contributed by atoms with van der Waals surface area (Å²) in [5.41, 5.74) is 2.27. The molecule has 0 aliphatic carbocycles. The van der Waals surface area contributed by atoms with E-state index in [4.69, 9.17) is 9.47 Å². The average molecular weight is 470 g/mol. The number of nitrogens with zero attached hydrogens (tertiary/aromatic N) is 4. The Balaban J connectivity index is 1.52. The van der Waals surface area contributed by atoms with E-state index >= 15 is 0 Å². The van der Waals surface area contributed by atoms with E-state index in [0.717, 1.165) is 31.7 Å². The van der Waals surface area contributed by atoms with Crippen LogP contribution in [0.5, 0.6) is 11.5 Å². The highest BCUT2D eigenvalue weighted by Crippen LogP contribution is 2.35. The predicted molar refractivity (Wildman–Crippen MR) is 124 cm³/mol. The standard InChI is InChI=1S/C22H23N5O5S/c1-31-19-9-17(18(27(29)30)10-20(19)32-12-16-13-33-14-24-16)22(28)25-15-5-6-21(23-11-15)26-7-3-2-4-8-26/h5-6,9-11,13-14H,2-4,7-8,12H2,1H3,(H,25,28). The number of nitrogens with one attached hydrogen (secondary N) is 1. The fourth-order valence-corrected chi connectivity index (χ4v) is 4.13. The van der Waals surface area contributed by atoms with Crippen molar-refractivity contribution in [2.24, 2.45) is 0 Å². The first-order valence-corrected chi connectivity index (χ1v) is 11.4. The summed E-state index contributed by atoms with van der Waals surface area (Å²) in [4.78, 5) is 34.7. The van der Waals surface area contributed by atoms with E-state index in [1.165, 1.54) is 37.0 Å². The molecule has 1 aromatic carbocycles. The lowest BCUT2D eigenvalue weighted by molar-refractivity contribution is -0.385. The second-order valence-electron chi connectivity index (χ2n) is 7.45. The smallest absolute Gasteiger partial charge is 0.286 e. The molecular weight excluding hydrogens is 446 g/mol. The molecule has 3 heterocycles. The molecule has 0 saturated carbocycles. The van der Waals surface area contributed by atoms with Gasteiger partial charge in [0.1, 0.15) is 18.0 Å². The monoisotopic (exact) mass is 469 g/mol. The zero-order chi connectivity index (χ0) is 23.2. The van der Waals surface area contributed by atoms with Crippen LogP contribution in [-0.2, 0) is 6.61 Å². The molecule has 11 heteroatoms. The Morgan fingerprint density at radius 1 is 1.21 bits per heavy atom. The summed E-state index contributed by atoms with van der Waals surface area (Å²) in [6.07, 6.45) is 5.04. The van der Waals surface area contributed by atoms with Crippen LogP contribution in [0.1, 0.15) is 35.3 Å². The number of rotatable bonds is 8. The van der Waals surface area contributed by atoms with Crippen molar-refractivity contribution in [2.45, 2.75) is 25.9 Å². The minimum atomic E-state index is -0.640. The lowest BCUT2D eigenvalue weighted by atomic mass is 10.1. The van der Waals surface area contributed by atoms with Gasteiger partial charge in [-0.3, -0.25) is 14.9 Å². The Labute approximate surface area is 194 Å². The minimum absolute atomic E-state index is 0.123. The number of thiazole rings is 1. The molecule has 1 saturated heterocycles. The summed E-state index contributed by atoms with van der Waals surface area (Å²) in [5, 5.41) is 16.2. The van der Waals surface area contributed by atoms with Crippen LogP contribution in [0, 0.1) is 10.1 Å². The van der Waals surface area contributed by atoms with Gasteiger partial charge >= 0.3 is 0 Å². The maximum Gasteiger partial charge on any atom is 0.286 e. The fourth-order valence-electron chi connectivity index (χ4n) is 3.58. The first-order valence-electron chi connectivity index (χ1n) is 10.4. The molecule has 2 aromatic heterocycles. The number of hydrogen-bond donors (Lipinski definition) is 1. The molecule has 4 rings (SSSR count). The number of ether oxygens (including phenoxy) is 2. The molecular formula is C22H23N5O5S. The number of carbonyl (C=O) groups is 1. The van der Waals surface area contributed by atoms with E-state index in [9.17, 15) is 14.9 Å². The number of carbonyl (C=O) groups excluding carboxylic acids is 1. The summed E-state index contributed by atoms with van der Waals surface area (Å²) < 4.78 is 11.0. The van der Waals surface area contributed by atoms with Crippen LogP contribution in [0.15, 0.2) is 41.4 Å². The Kier molecular flexibility index (Phi) is 6.98. The summed E-state index contributed by atoms with van der Waals surface area (Å²) >= 11 is 1.42. The third-order valence-corrected chi connectivity index (χ3v) is 5.90. The molecule has 1 fully saturated rings. The van der Waals surface area contributed by atoms with Crippen molar-refractivity contribution in [3.63, 3.8) is 0 Å². The highest BCUT2D eigenvalue weighted by Gasteiger charge is 2.25. The molecule has 0 radical (unpaired) electrons. The Morgan fingerprint density at radius 3 is 2.67 bits per heavy atom. The van der Waals surface area contributed by atoms with E-state index in [1.54, 1.807) is 17.8 Å². The van der Waals surface area contributed by atoms with Gasteiger partial charge in [-0.25, -0.2) is 9.97 Å². The van der Waals surface area contributed by atoms with Gasteiger partial charge in [-0.2, -0.15) is 0 Å². The van der Waals surface area contributed by atoms with Gasteiger partial charge in [-0.1, -0.05) is 0 Å². The largest absolute Gasteiger partial charge is 0.493 e. The topological polar surface area (TPSA) is 120 Å². The molecule has 0 atom stereocenters. The van der Waals surface area contributed by atoms with Crippen molar-refractivity contribution in [3.8, 4) is 11.5 Å². The number of pyridine rings is 1. The summed E-state index contributed by atoms with van der Waals surface area (Å²) in [5.74, 6) is 0.571. The predicted octanol–water partition coefficient (Wildman–Crippen LogP) is 4.28. The number of hydrogen-bond acceptors (Lipinski definition) is 9. The quantitative estimate of drug-likeness (QED) is 0.383. The maximum absolute atomic E-state index is 12.9. The molecule has 0 unspecified atom stereocenters. The molecule has 1 amide bonds. The SMILES string of the molecule is COc1cc(C(=O)Nc2ccc(N3CCCCC3)nc2)c([N+](=O)[O-])cc1OCc1cscn1. The zero-order valence-corrected chi connectivity index (χ0v) is 18.8. The number of amides is 1. The number of piperidine rings is 1. The van der Waals surface area contributed by atoms with E-state index in [-0.39, 0.29) is 29.4 Å². The van der Waals surface area contributed by atoms with E-state index in [1.807, 2.05) is 11.4 Å². The molecule has 1 aliphatic rings. The second-order valence-corrected chi connectivity index (χ2v) is 8.17. The molecule has 33 heavy (non-hydrogen) atoms. The van der Waals surface area contributed by atoms with Gasteiger partial charge in [-0.15, -0.1) is 11.3 Å². The summed E-state index contributed by atoms with van der Waals surface area (Å²) in [7, 11) is 1.40. The third kappa shape index (κ3) is 5.37. The van der Waals surface area contributed by atoms with Crippen molar-refractivity contribution < 1.29 is 19.2 Å². The maximum atomic E-state index is 12.9. The van der Waals surface area contributed by atoms with E-state index in [0.29, 0.717) is 11.4 Å². The number of aromatic nitrogens is 2.